The van der Waals surface area contributed by atoms with Gasteiger partial charge in [0, 0.05) is 28.1 Å². The summed E-state index contributed by atoms with van der Waals surface area (Å²) < 4.78 is 1.03. The number of hydrogen-bond acceptors (Lipinski definition) is 2. The summed E-state index contributed by atoms with van der Waals surface area (Å²) in [5, 5.41) is 4.37. The van der Waals surface area contributed by atoms with E-state index in [4.69, 9.17) is 11.6 Å². The Morgan fingerprint density at radius 2 is 2.33 bits per heavy atom. The monoisotopic (exact) mass is 330 g/mol. The topological polar surface area (TPSA) is 15.3 Å². The third-order valence-electron chi connectivity index (χ3n) is 3.74. The molecule has 0 bridgehead atoms. The molecule has 100 valence electrons. The van der Waals surface area contributed by atoms with Crippen molar-refractivity contribution in [3.05, 3.63) is 33.3 Å². The molecule has 1 heterocycles. The van der Waals surface area contributed by atoms with Gasteiger partial charge in [0.1, 0.15) is 0 Å². The summed E-state index contributed by atoms with van der Waals surface area (Å²) in [5.41, 5.74) is 1.19. The highest BCUT2D eigenvalue weighted by Gasteiger charge is 2.20. The van der Waals surface area contributed by atoms with Gasteiger partial charge in [0.2, 0.25) is 0 Å². The third-order valence-corrected chi connectivity index (χ3v) is 4.57. The first-order valence-electron chi connectivity index (χ1n) is 6.46. The minimum atomic E-state index is 0.341. The largest absolute Gasteiger partial charge is 0.313 e. The molecule has 18 heavy (non-hydrogen) atoms. The van der Waals surface area contributed by atoms with Crippen LogP contribution in [0.4, 0.5) is 0 Å². The number of nitrogens with one attached hydrogen (secondary N) is 1. The van der Waals surface area contributed by atoms with Gasteiger partial charge in [-0.15, -0.1) is 0 Å². The first-order valence-corrected chi connectivity index (χ1v) is 7.63. The highest BCUT2D eigenvalue weighted by atomic mass is 79.9. The van der Waals surface area contributed by atoms with E-state index in [9.17, 15) is 0 Å². The van der Waals surface area contributed by atoms with Gasteiger partial charge in [0.15, 0.2) is 0 Å². The van der Waals surface area contributed by atoms with Crippen LogP contribution < -0.4 is 5.32 Å². The summed E-state index contributed by atoms with van der Waals surface area (Å²) in [6.07, 6.45) is 2.58. The lowest BCUT2D eigenvalue weighted by Crippen LogP contribution is -2.36. The van der Waals surface area contributed by atoms with Crippen LogP contribution in [-0.4, -0.2) is 31.1 Å². The molecule has 0 spiro atoms. The molecule has 1 N–H and O–H groups in total. The smallest absolute Gasteiger partial charge is 0.0464 e. The molecule has 2 rings (SSSR count). The van der Waals surface area contributed by atoms with Crippen molar-refractivity contribution in [3.63, 3.8) is 0 Å². The van der Waals surface area contributed by atoms with Crippen molar-refractivity contribution >= 4 is 27.5 Å². The average molecular weight is 332 g/mol. The summed E-state index contributed by atoms with van der Waals surface area (Å²) >= 11 is 9.76. The number of halogens is 2. The van der Waals surface area contributed by atoms with Gasteiger partial charge in [-0.25, -0.2) is 0 Å². The predicted molar refractivity (Wildman–Crippen MR) is 81.2 cm³/mol. The van der Waals surface area contributed by atoms with Gasteiger partial charge in [0.25, 0.3) is 0 Å². The summed E-state index contributed by atoms with van der Waals surface area (Å²) in [5.74, 6) is 0. The Kier molecular flexibility index (Phi) is 5.07. The van der Waals surface area contributed by atoms with E-state index in [1.54, 1.807) is 0 Å². The van der Waals surface area contributed by atoms with E-state index in [0.717, 1.165) is 22.6 Å². The molecular weight excluding hydrogens is 312 g/mol. The summed E-state index contributed by atoms with van der Waals surface area (Å²) in [4.78, 5) is 2.37. The fourth-order valence-corrected chi connectivity index (χ4v) is 3.33. The van der Waals surface area contributed by atoms with Gasteiger partial charge in [-0.2, -0.15) is 0 Å². The lowest BCUT2D eigenvalue weighted by molar-refractivity contribution is 0.238. The molecule has 1 aliphatic heterocycles. The number of hydrogen-bond donors (Lipinski definition) is 1. The van der Waals surface area contributed by atoms with Gasteiger partial charge in [-0.1, -0.05) is 33.6 Å². The second-order valence-corrected chi connectivity index (χ2v) is 6.40. The summed E-state index contributed by atoms with van der Waals surface area (Å²) in [6, 6.07) is 7.10. The predicted octanol–water partition coefficient (Wildman–Crippen LogP) is 3.85. The normalized spacial score (nSPS) is 21.5. The average Bonchev–Trinajstić information content (AvgIpc) is 2.81. The van der Waals surface area contributed by atoms with Gasteiger partial charge >= 0.3 is 0 Å². The molecule has 1 aromatic carbocycles. The van der Waals surface area contributed by atoms with E-state index in [1.807, 2.05) is 6.07 Å². The number of nitrogens with zero attached hydrogens (tertiary/aromatic N) is 1. The van der Waals surface area contributed by atoms with Crippen LogP contribution >= 0.6 is 27.5 Å². The maximum absolute atomic E-state index is 6.31. The van der Waals surface area contributed by atoms with Crippen molar-refractivity contribution in [1.29, 1.82) is 0 Å². The first-order chi connectivity index (χ1) is 8.58. The molecule has 1 saturated heterocycles. The highest BCUT2D eigenvalue weighted by Crippen LogP contribution is 2.29. The Morgan fingerprint density at radius 3 is 2.94 bits per heavy atom. The van der Waals surface area contributed by atoms with Crippen LogP contribution in [0.2, 0.25) is 5.02 Å². The number of rotatable bonds is 4. The number of benzene rings is 1. The molecule has 0 aromatic heterocycles. The van der Waals surface area contributed by atoms with Crippen LogP contribution in [0, 0.1) is 0 Å². The zero-order chi connectivity index (χ0) is 13.1. The highest BCUT2D eigenvalue weighted by molar-refractivity contribution is 9.10. The van der Waals surface area contributed by atoms with Crippen LogP contribution in [0.15, 0.2) is 22.7 Å². The molecule has 0 radical (unpaired) electrons. The molecule has 1 fully saturated rings. The first kappa shape index (κ1) is 14.3. The number of likely N-dealkylation sites (N-methyl/N-ethyl adjacent to an activating group) is 1. The molecule has 1 aromatic rings. The van der Waals surface area contributed by atoms with E-state index >= 15 is 0 Å². The molecule has 4 heteroatoms. The SMILES string of the molecule is CC(c1ccc(Br)cc1Cl)N(C)CC1CCCN1. The van der Waals surface area contributed by atoms with Crippen molar-refractivity contribution in [2.45, 2.75) is 31.8 Å². The van der Waals surface area contributed by atoms with Crippen LogP contribution in [0.5, 0.6) is 0 Å². The summed E-state index contributed by atoms with van der Waals surface area (Å²) in [7, 11) is 2.17. The van der Waals surface area contributed by atoms with E-state index in [-0.39, 0.29) is 0 Å². The van der Waals surface area contributed by atoms with E-state index in [0.29, 0.717) is 12.1 Å². The molecule has 1 aliphatic rings. The second-order valence-electron chi connectivity index (χ2n) is 5.07. The Labute approximate surface area is 123 Å². The van der Waals surface area contributed by atoms with Gasteiger partial charge in [0.05, 0.1) is 0 Å². The Balaban J connectivity index is 2.02. The zero-order valence-corrected chi connectivity index (χ0v) is 13.3. The van der Waals surface area contributed by atoms with Crippen LogP contribution in [0.25, 0.3) is 0 Å². The maximum Gasteiger partial charge on any atom is 0.0464 e. The lowest BCUT2D eigenvalue weighted by atomic mass is 10.1. The quantitative estimate of drug-likeness (QED) is 0.901. The van der Waals surface area contributed by atoms with E-state index < -0.39 is 0 Å². The second kappa shape index (κ2) is 6.38. The van der Waals surface area contributed by atoms with Gasteiger partial charge in [-0.05, 0) is 51.1 Å². The Bertz CT molecular complexity index is 405. The van der Waals surface area contributed by atoms with Crippen LogP contribution in [0.1, 0.15) is 31.4 Å². The minimum Gasteiger partial charge on any atom is -0.313 e. The molecule has 0 saturated carbocycles. The van der Waals surface area contributed by atoms with E-state index in [2.05, 4.69) is 52.3 Å². The van der Waals surface area contributed by atoms with Crippen molar-refractivity contribution in [2.75, 3.05) is 20.1 Å². The Hall–Kier alpha value is -0.0900. The van der Waals surface area contributed by atoms with Crippen LogP contribution in [0.3, 0.4) is 0 Å². The van der Waals surface area contributed by atoms with Crippen molar-refractivity contribution in [1.82, 2.24) is 10.2 Å². The van der Waals surface area contributed by atoms with Crippen LogP contribution in [-0.2, 0) is 0 Å². The van der Waals surface area contributed by atoms with Gasteiger partial charge in [-0.3, -0.25) is 4.90 Å². The molecule has 0 amide bonds. The summed E-state index contributed by atoms with van der Waals surface area (Å²) in [6.45, 7) is 4.45. The van der Waals surface area contributed by atoms with Crippen molar-refractivity contribution < 1.29 is 0 Å². The third kappa shape index (κ3) is 3.47. The fraction of sp³-hybridized carbons (Fsp3) is 0.571. The Morgan fingerprint density at radius 1 is 1.56 bits per heavy atom. The standard InChI is InChI=1S/C14H20BrClN2/c1-10(13-6-5-11(15)8-14(13)16)18(2)9-12-4-3-7-17-12/h5-6,8,10,12,17H,3-4,7,9H2,1-2H3. The maximum atomic E-state index is 6.31. The molecular formula is C14H20BrClN2. The van der Waals surface area contributed by atoms with E-state index in [1.165, 1.54) is 18.4 Å². The molecule has 2 unspecified atom stereocenters. The molecule has 0 aliphatic carbocycles. The van der Waals surface area contributed by atoms with Crippen molar-refractivity contribution in [2.24, 2.45) is 0 Å². The fourth-order valence-electron chi connectivity index (χ4n) is 2.50. The van der Waals surface area contributed by atoms with Gasteiger partial charge < -0.3 is 5.32 Å². The molecule has 2 nitrogen and oxygen atoms in total. The van der Waals surface area contributed by atoms with Crippen molar-refractivity contribution in [3.8, 4) is 0 Å². The zero-order valence-electron chi connectivity index (χ0n) is 10.9. The lowest BCUT2D eigenvalue weighted by Gasteiger charge is -2.28. The molecule has 2 atom stereocenters. The minimum absolute atomic E-state index is 0.341.